The summed E-state index contributed by atoms with van der Waals surface area (Å²) >= 11 is 3.48. The van der Waals surface area contributed by atoms with E-state index in [1.165, 1.54) is 4.90 Å². The van der Waals surface area contributed by atoms with Crippen molar-refractivity contribution in [3.63, 3.8) is 0 Å². The molecular formula is C19H17BrN2O4. The molecule has 1 N–H and O–H groups in total. The fourth-order valence-electron chi connectivity index (χ4n) is 3.38. The van der Waals surface area contributed by atoms with Crippen LogP contribution in [0, 0.1) is 0 Å². The zero-order chi connectivity index (χ0) is 18.3. The van der Waals surface area contributed by atoms with Gasteiger partial charge < -0.3 is 14.8 Å². The molecule has 1 unspecified atom stereocenters. The molecular weight excluding hydrogens is 400 g/mol. The second-order valence-corrected chi connectivity index (χ2v) is 7.10. The molecule has 7 heteroatoms. The lowest BCUT2D eigenvalue weighted by molar-refractivity contribution is -0.132. The van der Waals surface area contributed by atoms with Crippen LogP contribution in [-0.2, 0) is 16.9 Å². The number of nitrogens with one attached hydrogen (secondary N) is 1. The lowest BCUT2D eigenvalue weighted by atomic mass is 9.87. The van der Waals surface area contributed by atoms with Crippen molar-refractivity contribution in [1.82, 2.24) is 10.2 Å². The number of carbonyl (C=O) groups is 2. The number of urea groups is 1. The third kappa shape index (κ3) is 2.54. The quantitative estimate of drug-likeness (QED) is 0.773. The first-order valence-electron chi connectivity index (χ1n) is 8.33. The summed E-state index contributed by atoms with van der Waals surface area (Å²) in [4.78, 5) is 27.0. The third-order valence-corrected chi connectivity index (χ3v) is 5.58. The van der Waals surface area contributed by atoms with E-state index in [0.29, 0.717) is 17.9 Å². The number of carbonyl (C=O) groups excluding carboxylic acids is 2. The predicted molar refractivity (Wildman–Crippen MR) is 97.8 cm³/mol. The van der Waals surface area contributed by atoms with E-state index < -0.39 is 11.6 Å². The van der Waals surface area contributed by atoms with Crippen molar-refractivity contribution in [2.24, 2.45) is 0 Å². The maximum absolute atomic E-state index is 13.2. The van der Waals surface area contributed by atoms with Gasteiger partial charge in [0.25, 0.3) is 5.91 Å². The van der Waals surface area contributed by atoms with Crippen molar-refractivity contribution < 1.29 is 19.1 Å². The van der Waals surface area contributed by atoms with Crippen LogP contribution in [-0.4, -0.2) is 23.6 Å². The van der Waals surface area contributed by atoms with Crippen molar-refractivity contribution >= 4 is 27.9 Å². The Bertz CT molecular complexity index is 887. The number of fused-ring (bicyclic) bond motifs is 1. The second kappa shape index (κ2) is 6.32. The lowest BCUT2D eigenvalue weighted by Crippen LogP contribution is -2.43. The molecule has 0 bridgehead atoms. The van der Waals surface area contributed by atoms with E-state index in [4.69, 9.17) is 9.47 Å². The minimum Gasteiger partial charge on any atom is -0.454 e. The summed E-state index contributed by atoms with van der Waals surface area (Å²) in [6.45, 7) is 2.21. The van der Waals surface area contributed by atoms with E-state index in [-0.39, 0.29) is 19.2 Å². The topological polar surface area (TPSA) is 67.9 Å². The number of amides is 3. The molecule has 2 aliphatic heterocycles. The van der Waals surface area contributed by atoms with E-state index >= 15 is 0 Å². The summed E-state index contributed by atoms with van der Waals surface area (Å²) < 4.78 is 11.5. The molecule has 2 aliphatic rings. The Morgan fingerprint density at radius 1 is 1.15 bits per heavy atom. The normalized spacial score (nSPS) is 21.2. The van der Waals surface area contributed by atoms with Gasteiger partial charge in [0.05, 0.1) is 6.54 Å². The number of nitrogens with zero attached hydrogens (tertiary/aromatic N) is 1. The van der Waals surface area contributed by atoms with Crippen LogP contribution in [0.3, 0.4) is 0 Å². The fraction of sp³-hybridized carbons (Fsp3) is 0.263. The summed E-state index contributed by atoms with van der Waals surface area (Å²) in [6.07, 6.45) is 0.473. The van der Waals surface area contributed by atoms with Crippen LogP contribution in [0.15, 0.2) is 46.9 Å². The number of rotatable bonds is 4. The Labute approximate surface area is 159 Å². The van der Waals surface area contributed by atoms with Gasteiger partial charge in [0.1, 0.15) is 5.54 Å². The first-order chi connectivity index (χ1) is 12.5. The van der Waals surface area contributed by atoms with Crippen molar-refractivity contribution in [3.8, 4) is 11.5 Å². The van der Waals surface area contributed by atoms with Crippen LogP contribution in [0.1, 0.15) is 24.5 Å². The highest BCUT2D eigenvalue weighted by Crippen LogP contribution is 2.39. The van der Waals surface area contributed by atoms with Crippen molar-refractivity contribution in [2.75, 3.05) is 6.79 Å². The van der Waals surface area contributed by atoms with E-state index in [9.17, 15) is 9.59 Å². The second-order valence-electron chi connectivity index (χ2n) is 6.24. The summed E-state index contributed by atoms with van der Waals surface area (Å²) in [5, 5.41) is 2.89. The summed E-state index contributed by atoms with van der Waals surface area (Å²) in [7, 11) is 0. The van der Waals surface area contributed by atoms with Crippen LogP contribution >= 0.6 is 15.9 Å². The Morgan fingerprint density at radius 3 is 2.54 bits per heavy atom. The number of halogens is 1. The Morgan fingerprint density at radius 2 is 1.85 bits per heavy atom. The standard InChI is InChI=1S/C19H17BrN2O4/c1-2-19(13-6-4-3-5-7-13)17(23)22(18(24)21-19)10-12-8-15-16(9-14(12)20)26-11-25-15/h3-9H,2,10-11H2,1H3,(H,21,24). The molecule has 2 aromatic carbocycles. The van der Waals surface area contributed by atoms with Crippen molar-refractivity contribution in [1.29, 1.82) is 0 Å². The number of benzene rings is 2. The molecule has 2 aromatic rings. The molecule has 3 amide bonds. The number of imide groups is 1. The van der Waals surface area contributed by atoms with Gasteiger partial charge in [-0.15, -0.1) is 0 Å². The molecule has 26 heavy (non-hydrogen) atoms. The minimum atomic E-state index is -1.03. The Kier molecular flexibility index (Phi) is 4.11. The van der Waals surface area contributed by atoms with Gasteiger partial charge in [-0.25, -0.2) is 4.79 Å². The van der Waals surface area contributed by atoms with Gasteiger partial charge >= 0.3 is 6.03 Å². The molecule has 0 spiro atoms. The molecule has 1 saturated heterocycles. The van der Waals surface area contributed by atoms with Crippen molar-refractivity contribution in [2.45, 2.75) is 25.4 Å². The smallest absolute Gasteiger partial charge is 0.325 e. The molecule has 2 heterocycles. The summed E-state index contributed by atoms with van der Waals surface area (Å²) in [6, 6.07) is 12.5. The van der Waals surface area contributed by atoms with Crippen LogP contribution in [0.4, 0.5) is 4.79 Å². The Balaban J connectivity index is 1.66. The highest BCUT2D eigenvalue weighted by molar-refractivity contribution is 9.10. The molecule has 134 valence electrons. The van der Waals surface area contributed by atoms with Gasteiger partial charge in [0.15, 0.2) is 11.5 Å². The van der Waals surface area contributed by atoms with Crippen LogP contribution in [0.5, 0.6) is 11.5 Å². The number of hydrogen-bond acceptors (Lipinski definition) is 4. The number of hydrogen-bond donors (Lipinski definition) is 1. The van der Waals surface area contributed by atoms with E-state index in [2.05, 4.69) is 21.2 Å². The molecule has 6 nitrogen and oxygen atoms in total. The summed E-state index contributed by atoms with van der Waals surface area (Å²) in [5.41, 5.74) is 0.534. The molecule has 1 fully saturated rings. The average Bonchev–Trinajstić information content (AvgIpc) is 3.20. The fourth-order valence-corrected chi connectivity index (χ4v) is 3.83. The molecule has 4 rings (SSSR count). The highest BCUT2D eigenvalue weighted by Gasteiger charge is 2.51. The van der Waals surface area contributed by atoms with Gasteiger partial charge in [-0.1, -0.05) is 53.2 Å². The SMILES string of the molecule is CCC1(c2ccccc2)NC(=O)N(Cc2cc3c(cc2Br)OCO3)C1=O. The van der Waals surface area contributed by atoms with Gasteiger partial charge in [-0.3, -0.25) is 9.69 Å². The first kappa shape index (κ1) is 16.9. The molecule has 0 saturated carbocycles. The Hall–Kier alpha value is -2.54. The zero-order valence-corrected chi connectivity index (χ0v) is 15.7. The molecule has 1 atom stereocenters. The van der Waals surface area contributed by atoms with Gasteiger partial charge in [-0.2, -0.15) is 0 Å². The van der Waals surface area contributed by atoms with E-state index in [0.717, 1.165) is 15.6 Å². The molecule has 0 aromatic heterocycles. The maximum atomic E-state index is 13.2. The van der Waals surface area contributed by atoms with Gasteiger partial charge in [-0.05, 0) is 29.7 Å². The molecule has 0 aliphatic carbocycles. The van der Waals surface area contributed by atoms with E-state index in [1.807, 2.05) is 37.3 Å². The van der Waals surface area contributed by atoms with Gasteiger partial charge in [0, 0.05) is 4.47 Å². The third-order valence-electron chi connectivity index (χ3n) is 4.84. The largest absolute Gasteiger partial charge is 0.454 e. The minimum absolute atomic E-state index is 0.149. The first-order valence-corrected chi connectivity index (χ1v) is 9.12. The van der Waals surface area contributed by atoms with Crippen molar-refractivity contribution in [3.05, 3.63) is 58.1 Å². The molecule has 0 radical (unpaired) electrons. The number of ether oxygens (including phenoxy) is 2. The average molecular weight is 417 g/mol. The van der Waals surface area contributed by atoms with Gasteiger partial charge in [0.2, 0.25) is 6.79 Å². The highest BCUT2D eigenvalue weighted by atomic mass is 79.9. The lowest BCUT2D eigenvalue weighted by Gasteiger charge is -2.25. The van der Waals surface area contributed by atoms with Crippen LogP contribution < -0.4 is 14.8 Å². The maximum Gasteiger partial charge on any atom is 0.325 e. The summed E-state index contributed by atoms with van der Waals surface area (Å²) in [5.74, 6) is 1.01. The van der Waals surface area contributed by atoms with Crippen LogP contribution in [0.2, 0.25) is 0 Å². The monoisotopic (exact) mass is 416 g/mol. The predicted octanol–water partition coefficient (Wildman–Crippen LogP) is 3.54. The zero-order valence-electron chi connectivity index (χ0n) is 14.1. The van der Waals surface area contributed by atoms with E-state index in [1.54, 1.807) is 12.1 Å². The van der Waals surface area contributed by atoms with Crippen LogP contribution in [0.25, 0.3) is 0 Å².